The Morgan fingerprint density at radius 3 is 2.24 bits per heavy atom. The molecule has 2 aliphatic heterocycles. The number of anilines is 1. The third-order valence-electron chi connectivity index (χ3n) is 6.09. The van der Waals surface area contributed by atoms with Crippen molar-refractivity contribution in [1.82, 2.24) is 14.7 Å². The number of piperazine rings is 1. The van der Waals surface area contributed by atoms with Crippen molar-refractivity contribution in [3.05, 3.63) is 35.5 Å². The summed E-state index contributed by atoms with van der Waals surface area (Å²) in [7, 11) is 0. The van der Waals surface area contributed by atoms with Crippen LogP contribution in [0.25, 0.3) is 5.57 Å². The molecule has 1 fully saturated rings. The molecule has 1 aromatic rings. The highest BCUT2D eigenvalue weighted by molar-refractivity contribution is 6.35. The molecule has 1 saturated heterocycles. The van der Waals surface area contributed by atoms with Gasteiger partial charge in [0.1, 0.15) is 5.70 Å². The summed E-state index contributed by atoms with van der Waals surface area (Å²) in [6, 6.07) is 7.12. The van der Waals surface area contributed by atoms with Gasteiger partial charge in [-0.1, -0.05) is 32.4 Å². The molecule has 0 unspecified atom stereocenters. The topological polar surface area (TPSA) is 82.2 Å². The molecule has 0 saturated carbocycles. The van der Waals surface area contributed by atoms with E-state index in [1.54, 1.807) is 24.3 Å². The molecule has 3 rings (SSSR count). The second-order valence-electron chi connectivity index (χ2n) is 8.48. The number of hydrogen-bond acceptors (Lipinski definition) is 6. The number of likely N-dealkylation sites (N-methyl/N-ethyl adjacent to an activating group) is 1. The third kappa shape index (κ3) is 6.21. The smallest absolute Gasteiger partial charge is 0.277 e. The zero-order valence-corrected chi connectivity index (χ0v) is 20.1. The minimum absolute atomic E-state index is 0.157. The van der Waals surface area contributed by atoms with Crippen molar-refractivity contribution in [2.24, 2.45) is 0 Å². The first kappa shape index (κ1) is 24.9. The van der Waals surface area contributed by atoms with Gasteiger partial charge in [0.25, 0.3) is 11.8 Å². The Morgan fingerprint density at radius 2 is 1.64 bits per heavy atom. The average Bonchev–Trinajstić information content (AvgIpc) is 3.06. The van der Waals surface area contributed by atoms with Gasteiger partial charge in [-0.05, 0) is 37.1 Å². The Bertz CT molecular complexity index is 873. The summed E-state index contributed by atoms with van der Waals surface area (Å²) < 4.78 is 5.61. The molecule has 2 heterocycles. The third-order valence-corrected chi connectivity index (χ3v) is 6.09. The highest BCUT2D eigenvalue weighted by atomic mass is 16.5. The lowest BCUT2D eigenvalue weighted by Crippen LogP contribution is -2.47. The van der Waals surface area contributed by atoms with Crippen LogP contribution in [0.4, 0.5) is 5.69 Å². The summed E-state index contributed by atoms with van der Waals surface area (Å²) in [5.74, 6) is -0.635. The van der Waals surface area contributed by atoms with Gasteiger partial charge in [-0.15, -0.1) is 0 Å². The molecule has 8 nitrogen and oxygen atoms in total. The number of hydrogen-bond donors (Lipinski definition) is 1. The van der Waals surface area contributed by atoms with E-state index in [2.05, 4.69) is 29.0 Å². The predicted molar refractivity (Wildman–Crippen MR) is 128 cm³/mol. The molecular formula is C25H36N4O4. The largest absolute Gasteiger partial charge is 0.381 e. The molecule has 1 N–H and O–H groups in total. The lowest BCUT2D eigenvalue weighted by molar-refractivity contribution is -0.137. The van der Waals surface area contributed by atoms with Crippen LogP contribution in [0.3, 0.4) is 0 Å². The van der Waals surface area contributed by atoms with Crippen molar-refractivity contribution < 1.29 is 19.1 Å². The summed E-state index contributed by atoms with van der Waals surface area (Å²) in [5, 5.41) is 2.74. The van der Waals surface area contributed by atoms with E-state index in [1.807, 2.05) is 0 Å². The van der Waals surface area contributed by atoms with E-state index in [0.29, 0.717) is 61.8 Å². The molecule has 1 aromatic carbocycles. The monoisotopic (exact) mass is 456 g/mol. The lowest BCUT2D eigenvalue weighted by Gasteiger charge is -2.36. The first-order valence-electron chi connectivity index (χ1n) is 12.0. The van der Waals surface area contributed by atoms with E-state index in [-0.39, 0.29) is 17.7 Å². The van der Waals surface area contributed by atoms with E-state index < -0.39 is 0 Å². The molecule has 0 atom stereocenters. The minimum atomic E-state index is -0.256. The van der Waals surface area contributed by atoms with Crippen LogP contribution in [0.15, 0.2) is 30.0 Å². The van der Waals surface area contributed by atoms with E-state index in [9.17, 15) is 14.4 Å². The number of carbonyl (C=O) groups is 3. The van der Waals surface area contributed by atoms with E-state index >= 15 is 0 Å². The van der Waals surface area contributed by atoms with E-state index in [1.165, 1.54) is 11.8 Å². The fourth-order valence-corrected chi connectivity index (χ4v) is 4.20. The number of carbonyl (C=O) groups excluding carboxylic acids is 3. The van der Waals surface area contributed by atoms with Crippen LogP contribution >= 0.6 is 0 Å². The zero-order chi connectivity index (χ0) is 23.8. The maximum atomic E-state index is 13.4. The van der Waals surface area contributed by atoms with Gasteiger partial charge in [-0.25, -0.2) is 0 Å². The number of nitrogens with one attached hydrogen (secondary N) is 1. The summed E-state index contributed by atoms with van der Waals surface area (Å²) in [4.78, 5) is 43.9. The molecule has 8 heteroatoms. The quantitative estimate of drug-likeness (QED) is 0.407. The highest BCUT2D eigenvalue weighted by Gasteiger charge is 2.41. The molecular weight excluding hydrogens is 420 g/mol. The van der Waals surface area contributed by atoms with Gasteiger partial charge in [0.05, 0.1) is 5.57 Å². The highest BCUT2D eigenvalue weighted by Crippen LogP contribution is 2.33. The van der Waals surface area contributed by atoms with Crippen LogP contribution in [0.2, 0.25) is 0 Å². The fourth-order valence-electron chi connectivity index (χ4n) is 4.20. The predicted octanol–water partition coefficient (Wildman–Crippen LogP) is 2.57. The number of amides is 3. The van der Waals surface area contributed by atoms with Crippen LogP contribution in [0.1, 0.15) is 45.6 Å². The van der Waals surface area contributed by atoms with Gasteiger partial charge in [0.15, 0.2) is 0 Å². The van der Waals surface area contributed by atoms with Gasteiger partial charge < -0.3 is 19.9 Å². The van der Waals surface area contributed by atoms with Crippen molar-refractivity contribution in [1.29, 1.82) is 0 Å². The van der Waals surface area contributed by atoms with Crippen molar-refractivity contribution in [3.63, 3.8) is 0 Å². The molecule has 180 valence electrons. The number of imide groups is 1. The number of unbranched alkanes of at least 4 members (excludes halogenated alkanes) is 1. The molecule has 0 spiro atoms. The number of nitrogens with zero attached hydrogens (tertiary/aromatic N) is 3. The van der Waals surface area contributed by atoms with Gasteiger partial charge in [-0.3, -0.25) is 19.3 Å². The molecule has 0 bridgehead atoms. The Kier molecular flexibility index (Phi) is 9.03. The van der Waals surface area contributed by atoms with Crippen LogP contribution in [0.5, 0.6) is 0 Å². The van der Waals surface area contributed by atoms with Crippen molar-refractivity contribution in [2.75, 3.05) is 57.8 Å². The number of ether oxygens (including phenoxy) is 1. The first-order valence-corrected chi connectivity index (χ1v) is 12.0. The van der Waals surface area contributed by atoms with Crippen LogP contribution in [0, 0.1) is 0 Å². The van der Waals surface area contributed by atoms with Crippen LogP contribution in [-0.4, -0.2) is 84.9 Å². The van der Waals surface area contributed by atoms with Crippen molar-refractivity contribution in [2.45, 2.75) is 40.0 Å². The second-order valence-corrected chi connectivity index (χ2v) is 8.48. The van der Waals surface area contributed by atoms with Gasteiger partial charge in [0, 0.05) is 58.5 Å². The number of benzene rings is 1. The average molecular weight is 457 g/mol. The SMILES string of the molecule is CCCCOCCCN1C(=O)C(c2ccc(NC(C)=O)cc2)=C(N2CCN(CC)CC2)C1=O. The van der Waals surface area contributed by atoms with E-state index in [0.717, 1.165) is 32.5 Å². The first-order chi connectivity index (χ1) is 16.0. The summed E-state index contributed by atoms with van der Waals surface area (Å²) in [6.07, 6.45) is 2.70. The van der Waals surface area contributed by atoms with Crippen LogP contribution < -0.4 is 5.32 Å². The van der Waals surface area contributed by atoms with Crippen LogP contribution in [-0.2, 0) is 19.1 Å². The lowest BCUT2D eigenvalue weighted by atomic mass is 10.0. The van der Waals surface area contributed by atoms with Gasteiger partial charge in [0.2, 0.25) is 5.91 Å². The molecule has 0 aliphatic carbocycles. The summed E-state index contributed by atoms with van der Waals surface area (Å²) in [6.45, 7) is 11.4. The normalized spacial score (nSPS) is 17.3. The molecule has 0 radical (unpaired) electrons. The Morgan fingerprint density at radius 1 is 0.970 bits per heavy atom. The Hall–Kier alpha value is -2.71. The summed E-state index contributed by atoms with van der Waals surface area (Å²) >= 11 is 0. The number of rotatable bonds is 11. The maximum absolute atomic E-state index is 13.4. The summed E-state index contributed by atoms with van der Waals surface area (Å²) in [5.41, 5.74) is 2.29. The molecule has 3 amide bonds. The van der Waals surface area contributed by atoms with Crippen molar-refractivity contribution >= 4 is 29.0 Å². The molecule has 33 heavy (non-hydrogen) atoms. The fraction of sp³-hybridized carbons (Fsp3) is 0.560. The van der Waals surface area contributed by atoms with Gasteiger partial charge in [-0.2, -0.15) is 0 Å². The maximum Gasteiger partial charge on any atom is 0.277 e. The van der Waals surface area contributed by atoms with Crippen molar-refractivity contribution in [3.8, 4) is 0 Å². The standard InChI is InChI=1S/C25H36N4O4/c1-4-6-17-33-18-7-12-29-24(31)22(20-8-10-21(11-9-20)26-19(3)30)23(25(29)32)28-15-13-27(5-2)14-16-28/h8-11H,4-7,12-18H2,1-3H3,(H,26,30). The Labute approximate surface area is 196 Å². The Balaban J connectivity index is 1.80. The molecule has 2 aliphatic rings. The van der Waals surface area contributed by atoms with E-state index in [4.69, 9.17) is 4.74 Å². The minimum Gasteiger partial charge on any atom is -0.381 e. The van der Waals surface area contributed by atoms with Gasteiger partial charge >= 0.3 is 0 Å². The zero-order valence-electron chi connectivity index (χ0n) is 20.1. The second kappa shape index (κ2) is 12.0. The molecule has 0 aromatic heterocycles.